The number of nitrogens with zero attached hydrogens (tertiary/aromatic N) is 3. The number of nitrogens with one attached hydrogen (secondary N) is 1. The lowest BCUT2D eigenvalue weighted by atomic mass is 9.83. The van der Waals surface area contributed by atoms with Crippen LogP contribution in [-0.2, 0) is 23.9 Å². The molecule has 244 valence electrons. The Morgan fingerprint density at radius 3 is 2.31 bits per heavy atom. The number of fused-ring (bicyclic) bond motifs is 1. The minimum absolute atomic E-state index is 0.0141. The van der Waals surface area contributed by atoms with Crippen molar-refractivity contribution in [3.63, 3.8) is 0 Å². The van der Waals surface area contributed by atoms with E-state index >= 15 is 0 Å². The smallest absolute Gasteiger partial charge is 0.390 e. The van der Waals surface area contributed by atoms with Crippen LogP contribution in [0.2, 0.25) is 0 Å². The van der Waals surface area contributed by atoms with Crippen LogP contribution in [0.1, 0.15) is 93.3 Å². The van der Waals surface area contributed by atoms with Gasteiger partial charge in [-0.1, -0.05) is 18.2 Å². The summed E-state index contributed by atoms with van der Waals surface area (Å²) in [7, 11) is 0. The van der Waals surface area contributed by atoms with E-state index in [1.54, 1.807) is 0 Å². The number of rotatable bonds is 7. The summed E-state index contributed by atoms with van der Waals surface area (Å²) in [4.78, 5) is 34.9. The van der Waals surface area contributed by atoms with Gasteiger partial charge in [-0.2, -0.15) is 18.2 Å². The first kappa shape index (κ1) is 33.1. The second-order valence-corrected chi connectivity index (χ2v) is 13.8. The maximum absolute atomic E-state index is 13.4. The number of carbonyl (C=O) groups excluding carboxylic acids is 2. The Bertz CT molecular complexity index is 1420. The molecule has 45 heavy (non-hydrogen) atoms. The SMILES string of the molecule is CC(C)NC(=O)C1CCC(N2C(=NC(=O)c3cccc(C(F)(F)F)c3)Cc3ccc(CN4CCC(C(C)(C)O)CC4)cc32)CC1. The number of piperidine rings is 1. The van der Waals surface area contributed by atoms with Crippen LogP contribution >= 0.6 is 0 Å². The topological polar surface area (TPSA) is 85.2 Å². The molecule has 0 atom stereocenters. The molecule has 10 heteroatoms. The van der Waals surface area contributed by atoms with Crippen molar-refractivity contribution in [2.24, 2.45) is 16.8 Å². The highest BCUT2D eigenvalue weighted by atomic mass is 19.4. The van der Waals surface area contributed by atoms with E-state index in [4.69, 9.17) is 0 Å². The lowest BCUT2D eigenvalue weighted by Crippen LogP contribution is -2.44. The molecule has 2 aromatic rings. The van der Waals surface area contributed by atoms with E-state index in [1.165, 1.54) is 12.1 Å². The first-order valence-electron chi connectivity index (χ1n) is 16.1. The van der Waals surface area contributed by atoms with Crippen molar-refractivity contribution in [1.29, 1.82) is 0 Å². The summed E-state index contributed by atoms with van der Waals surface area (Å²) in [5.74, 6) is 0.0973. The molecule has 2 N–H and O–H groups in total. The fourth-order valence-electron chi connectivity index (χ4n) is 7.04. The zero-order valence-corrected chi connectivity index (χ0v) is 26.7. The van der Waals surface area contributed by atoms with Crippen LogP contribution in [0.15, 0.2) is 47.5 Å². The van der Waals surface area contributed by atoms with E-state index < -0.39 is 23.2 Å². The molecule has 2 fully saturated rings. The van der Waals surface area contributed by atoms with Gasteiger partial charge in [0.15, 0.2) is 0 Å². The molecular formula is C35H45F3N4O3. The summed E-state index contributed by atoms with van der Waals surface area (Å²) in [5, 5.41) is 13.5. The van der Waals surface area contributed by atoms with Gasteiger partial charge in [0.2, 0.25) is 5.91 Å². The Labute approximate surface area is 263 Å². The van der Waals surface area contributed by atoms with Crippen molar-refractivity contribution in [2.75, 3.05) is 18.0 Å². The number of alkyl halides is 3. The number of aliphatic imine (C=N–C) groups is 1. The van der Waals surface area contributed by atoms with Crippen LogP contribution in [0.25, 0.3) is 0 Å². The molecule has 2 aromatic carbocycles. The maximum atomic E-state index is 13.4. The quantitative estimate of drug-likeness (QED) is 0.373. The molecule has 1 aliphatic carbocycles. The molecule has 1 saturated carbocycles. The van der Waals surface area contributed by atoms with E-state index in [0.717, 1.165) is 74.3 Å². The number of carbonyl (C=O) groups is 2. The molecule has 0 bridgehead atoms. The molecule has 2 aliphatic heterocycles. The van der Waals surface area contributed by atoms with Gasteiger partial charge in [-0.05, 0) is 121 Å². The zero-order valence-electron chi connectivity index (χ0n) is 26.7. The average Bonchev–Trinajstić information content (AvgIpc) is 3.33. The van der Waals surface area contributed by atoms with E-state index in [1.807, 2.05) is 27.7 Å². The molecule has 1 saturated heterocycles. The van der Waals surface area contributed by atoms with Crippen molar-refractivity contribution in [1.82, 2.24) is 10.2 Å². The van der Waals surface area contributed by atoms with Gasteiger partial charge in [-0.25, -0.2) is 0 Å². The summed E-state index contributed by atoms with van der Waals surface area (Å²) in [6.45, 7) is 10.2. The predicted octanol–water partition coefficient (Wildman–Crippen LogP) is 6.37. The summed E-state index contributed by atoms with van der Waals surface area (Å²) < 4.78 is 40.1. The number of hydrogen-bond donors (Lipinski definition) is 2. The van der Waals surface area contributed by atoms with Crippen molar-refractivity contribution >= 4 is 23.3 Å². The summed E-state index contributed by atoms with van der Waals surface area (Å²) in [6, 6.07) is 10.8. The maximum Gasteiger partial charge on any atom is 0.416 e. The lowest BCUT2D eigenvalue weighted by Gasteiger charge is -2.38. The van der Waals surface area contributed by atoms with E-state index in [2.05, 4.69) is 38.3 Å². The van der Waals surface area contributed by atoms with Gasteiger partial charge in [-0.3, -0.25) is 14.5 Å². The van der Waals surface area contributed by atoms with Gasteiger partial charge < -0.3 is 15.3 Å². The fourth-order valence-corrected chi connectivity index (χ4v) is 7.04. The van der Waals surface area contributed by atoms with Gasteiger partial charge in [0.25, 0.3) is 5.91 Å². The predicted molar refractivity (Wildman–Crippen MR) is 169 cm³/mol. The number of amides is 2. The standard InChI is InChI=1S/C35H45F3N4O3/c1-22(2)39-32(43)24-10-12-29(13-11-24)42-30-18-23(21-41-16-14-27(15-17-41)34(3,4)45)8-9-25(30)20-31(42)40-33(44)26-6-5-7-28(19-26)35(36,37)38/h5-9,18-19,22,24,27,29,45H,10-17,20-21H2,1-4H3,(H,39,43). The number of likely N-dealkylation sites (tertiary alicyclic amines) is 1. The van der Waals surface area contributed by atoms with Crippen molar-refractivity contribution in [2.45, 2.75) is 103 Å². The summed E-state index contributed by atoms with van der Waals surface area (Å²) in [5.41, 5.74) is 1.47. The Kier molecular flexibility index (Phi) is 9.75. The largest absolute Gasteiger partial charge is 0.416 e. The van der Waals surface area contributed by atoms with Gasteiger partial charge in [0.1, 0.15) is 5.84 Å². The van der Waals surface area contributed by atoms with Crippen LogP contribution in [0.3, 0.4) is 0 Å². The molecule has 0 spiro atoms. The van der Waals surface area contributed by atoms with Gasteiger partial charge >= 0.3 is 6.18 Å². The Morgan fingerprint density at radius 1 is 1.00 bits per heavy atom. The molecule has 0 unspecified atom stereocenters. The molecular weight excluding hydrogens is 581 g/mol. The van der Waals surface area contributed by atoms with E-state index in [-0.39, 0.29) is 35.4 Å². The minimum atomic E-state index is -4.56. The highest BCUT2D eigenvalue weighted by Gasteiger charge is 2.37. The molecule has 2 heterocycles. The third-order valence-electron chi connectivity index (χ3n) is 9.56. The first-order chi connectivity index (χ1) is 21.2. The van der Waals surface area contributed by atoms with E-state index in [0.29, 0.717) is 25.1 Å². The average molecular weight is 627 g/mol. The van der Waals surface area contributed by atoms with Crippen LogP contribution in [0.4, 0.5) is 18.9 Å². The van der Waals surface area contributed by atoms with Crippen molar-refractivity contribution < 1.29 is 27.9 Å². The number of aliphatic hydroxyl groups is 1. The second kappa shape index (κ2) is 13.2. The molecule has 0 radical (unpaired) electrons. The first-order valence-corrected chi connectivity index (χ1v) is 16.1. The van der Waals surface area contributed by atoms with Crippen LogP contribution in [0, 0.1) is 11.8 Å². The van der Waals surface area contributed by atoms with Crippen molar-refractivity contribution in [3.8, 4) is 0 Å². The van der Waals surface area contributed by atoms with Crippen LogP contribution in [0.5, 0.6) is 0 Å². The third kappa shape index (κ3) is 7.95. The van der Waals surface area contributed by atoms with E-state index in [9.17, 15) is 27.9 Å². The highest BCUT2D eigenvalue weighted by Crippen LogP contribution is 2.39. The number of anilines is 1. The van der Waals surface area contributed by atoms with Gasteiger partial charge in [0.05, 0.1) is 11.2 Å². The fraction of sp³-hybridized carbons (Fsp3) is 0.571. The number of benzene rings is 2. The Balaban J connectivity index is 1.39. The lowest BCUT2D eigenvalue weighted by molar-refractivity contribution is -0.137. The van der Waals surface area contributed by atoms with Gasteiger partial charge in [-0.15, -0.1) is 0 Å². The highest BCUT2D eigenvalue weighted by molar-refractivity contribution is 6.12. The normalized spacial score (nSPS) is 22.6. The molecule has 7 nitrogen and oxygen atoms in total. The minimum Gasteiger partial charge on any atom is -0.390 e. The summed E-state index contributed by atoms with van der Waals surface area (Å²) in [6.07, 6.45) is 0.609. The third-order valence-corrected chi connectivity index (χ3v) is 9.56. The number of amidine groups is 1. The Hall–Kier alpha value is -3.24. The van der Waals surface area contributed by atoms with Crippen molar-refractivity contribution in [3.05, 3.63) is 64.7 Å². The zero-order chi connectivity index (χ0) is 32.5. The summed E-state index contributed by atoms with van der Waals surface area (Å²) >= 11 is 0. The number of hydrogen-bond acceptors (Lipinski definition) is 4. The Morgan fingerprint density at radius 2 is 1.69 bits per heavy atom. The second-order valence-electron chi connectivity index (χ2n) is 13.8. The molecule has 5 rings (SSSR count). The molecule has 3 aliphatic rings. The molecule has 2 amide bonds. The van der Waals surface area contributed by atoms with Crippen LogP contribution in [-0.4, -0.2) is 58.4 Å². The number of halogens is 3. The monoisotopic (exact) mass is 626 g/mol. The van der Waals surface area contributed by atoms with Crippen LogP contribution < -0.4 is 10.2 Å². The molecule has 0 aromatic heterocycles. The van der Waals surface area contributed by atoms with Gasteiger partial charge in [0, 0.05) is 42.2 Å².